The Balaban J connectivity index is 1.41. The highest BCUT2D eigenvalue weighted by Crippen LogP contribution is 2.83. The molecule has 8 aliphatic rings. The van der Waals surface area contributed by atoms with Crippen molar-refractivity contribution in [1.29, 1.82) is 0 Å². The highest BCUT2D eigenvalue weighted by Gasteiger charge is 2.74. The van der Waals surface area contributed by atoms with Crippen LogP contribution >= 0.6 is 0 Å². The first-order chi connectivity index (χ1) is 15.2. The Morgan fingerprint density at radius 2 is 1.09 bits per heavy atom. The van der Waals surface area contributed by atoms with Crippen molar-refractivity contribution < 1.29 is 5.11 Å². The zero-order chi connectivity index (χ0) is 23.3. The molecular formula is C32H46O. The summed E-state index contributed by atoms with van der Waals surface area (Å²) in [5.41, 5.74) is 7.29. The largest absolute Gasteiger partial charge is 0.507 e. The van der Waals surface area contributed by atoms with E-state index in [1.807, 2.05) is 0 Å². The molecule has 0 aromatic heterocycles. The third-order valence-electron chi connectivity index (χ3n) is 12.4. The molecule has 1 N–H and O–H groups in total. The van der Waals surface area contributed by atoms with E-state index in [0.29, 0.717) is 43.7 Å². The molecule has 0 radical (unpaired) electrons. The summed E-state index contributed by atoms with van der Waals surface area (Å²) in [6.07, 6.45) is 17.7. The van der Waals surface area contributed by atoms with Gasteiger partial charge in [-0.05, 0) is 151 Å². The van der Waals surface area contributed by atoms with Gasteiger partial charge < -0.3 is 5.11 Å². The molecule has 1 heteroatoms. The van der Waals surface area contributed by atoms with Crippen molar-refractivity contribution in [2.75, 3.05) is 0 Å². The van der Waals surface area contributed by atoms with Gasteiger partial charge in [-0.15, -0.1) is 0 Å². The third kappa shape index (κ3) is 2.66. The van der Waals surface area contributed by atoms with Crippen molar-refractivity contribution in [3.8, 4) is 5.75 Å². The molecule has 8 bridgehead atoms. The number of rotatable bonds is 2. The van der Waals surface area contributed by atoms with E-state index in [4.69, 9.17) is 0 Å². The lowest BCUT2D eigenvalue weighted by Gasteiger charge is -2.78. The van der Waals surface area contributed by atoms with Crippen LogP contribution in [0.1, 0.15) is 121 Å². The Morgan fingerprint density at radius 3 is 1.61 bits per heavy atom. The predicted octanol–water partition coefficient (Wildman–Crippen LogP) is 8.62. The monoisotopic (exact) mass is 446 g/mol. The molecule has 1 nitrogen and oxygen atoms in total. The van der Waals surface area contributed by atoms with Gasteiger partial charge in [0.25, 0.3) is 0 Å². The van der Waals surface area contributed by atoms with Crippen LogP contribution in [0.15, 0.2) is 12.1 Å². The summed E-state index contributed by atoms with van der Waals surface area (Å²) in [7, 11) is 0. The lowest BCUT2D eigenvalue weighted by Crippen LogP contribution is -2.69. The molecule has 33 heavy (non-hydrogen) atoms. The number of phenols is 1. The Kier molecular flexibility index (Phi) is 3.68. The standard InChI is InChI=1S/C32H46O/c1-21-7-24(8-22(2)25(21)33)30-14-28(5)13-29(6,15-30)19-32(18-28,20-30)31-11-23-9-26(3,16-31)12-27(4,10-23)17-31/h7-8,23,33H,9-20H2,1-6H3. The molecule has 0 spiro atoms. The van der Waals surface area contributed by atoms with Crippen molar-refractivity contribution in [2.24, 2.45) is 38.4 Å². The van der Waals surface area contributed by atoms with Gasteiger partial charge in [0, 0.05) is 0 Å². The molecule has 1 aromatic carbocycles. The maximum atomic E-state index is 10.6. The summed E-state index contributed by atoms with van der Waals surface area (Å²) in [6, 6.07) is 4.77. The normalized spacial score (nSPS) is 56.0. The fourth-order valence-electron chi connectivity index (χ4n) is 13.9. The zero-order valence-electron chi connectivity index (χ0n) is 22.2. The molecule has 0 heterocycles. The third-order valence-corrected chi connectivity index (χ3v) is 12.4. The topological polar surface area (TPSA) is 20.2 Å². The maximum absolute atomic E-state index is 10.6. The minimum atomic E-state index is 0.312. The summed E-state index contributed by atoms with van der Waals surface area (Å²) in [6.45, 7) is 14.9. The van der Waals surface area contributed by atoms with Gasteiger partial charge in [-0.2, -0.15) is 0 Å². The fourth-order valence-corrected chi connectivity index (χ4v) is 13.9. The molecule has 4 atom stereocenters. The summed E-state index contributed by atoms with van der Waals surface area (Å²) in [5.74, 6) is 1.50. The molecule has 0 amide bonds. The van der Waals surface area contributed by atoms with Crippen LogP contribution in [0.25, 0.3) is 0 Å². The van der Waals surface area contributed by atoms with Crippen LogP contribution in [0.4, 0.5) is 0 Å². The van der Waals surface area contributed by atoms with E-state index in [9.17, 15) is 5.11 Å². The molecule has 8 fully saturated rings. The van der Waals surface area contributed by atoms with Gasteiger partial charge in [-0.3, -0.25) is 0 Å². The molecule has 8 aliphatic carbocycles. The lowest BCUT2D eigenvalue weighted by atomic mass is 9.26. The van der Waals surface area contributed by atoms with Crippen molar-refractivity contribution in [2.45, 2.75) is 124 Å². The second-order valence-electron chi connectivity index (χ2n) is 16.6. The molecule has 4 unspecified atom stereocenters. The maximum Gasteiger partial charge on any atom is 0.121 e. The van der Waals surface area contributed by atoms with E-state index in [-0.39, 0.29) is 0 Å². The van der Waals surface area contributed by atoms with E-state index in [1.165, 1.54) is 77.0 Å². The minimum absolute atomic E-state index is 0.312. The lowest BCUT2D eigenvalue weighted by molar-refractivity contribution is -0.270. The summed E-state index contributed by atoms with van der Waals surface area (Å²) >= 11 is 0. The summed E-state index contributed by atoms with van der Waals surface area (Å²) in [4.78, 5) is 0. The average molecular weight is 447 g/mol. The van der Waals surface area contributed by atoms with Gasteiger partial charge in [0.2, 0.25) is 0 Å². The quantitative estimate of drug-likeness (QED) is 0.482. The highest BCUT2D eigenvalue weighted by molar-refractivity contribution is 5.46. The van der Waals surface area contributed by atoms with Crippen LogP contribution in [-0.2, 0) is 5.41 Å². The summed E-state index contributed by atoms with van der Waals surface area (Å²) < 4.78 is 0. The minimum Gasteiger partial charge on any atom is -0.507 e. The van der Waals surface area contributed by atoms with E-state index in [2.05, 4.69) is 53.7 Å². The number of hydrogen-bond donors (Lipinski definition) is 1. The number of phenolic OH excluding ortho intramolecular Hbond substituents is 1. The van der Waals surface area contributed by atoms with Gasteiger partial charge in [0.1, 0.15) is 5.75 Å². The second-order valence-corrected chi connectivity index (χ2v) is 16.6. The number of aryl methyl sites for hydroxylation is 2. The molecule has 0 saturated heterocycles. The summed E-state index contributed by atoms with van der Waals surface area (Å²) in [5, 5.41) is 10.6. The Morgan fingerprint density at radius 1 is 0.606 bits per heavy atom. The van der Waals surface area contributed by atoms with E-state index < -0.39 is 0 Å². The van der Waals surface area contributed by atoms with Gasteiger partial charge in [-0.25, -0.2) is 0 Å². The highest BCUT2D eigenvalue weighted by atomic mass is 16.3. The number of benzene rings is 1. The van der Waals surface area contributed by atoms with Crippen LogP contribution in [0.2, 0.25) is 0 Å². The van der Waals surface area contributed by atoms with Crippen molar-refractivity contribution in [3.05, 3.63) is 28.8 Å². The van der Waals surface area contributed by atoms with Gasteiger partial charge in [-0.1, -0.05) is 39.8 Å². The fraction of sp³-hybridized carbons (Fsp3) is 0.812. The van der Waals surface area contributed by atoms with Crippen molar-refractivity contribution in [1.82, 2.24) is 0 Å². The predicted molar refractivity (Wildman–Crippen MR) is 135 cm³/mol. The van der Waals surface area contributed by atoms with E-state index in [0.717, 1.165) is 17.0 Å². The van der Waals surface area contributed by atoms with Crippen LogP contribution in [0.3, 0.4) is 0 Å². The number of aromatic hydroxyl groups is 1. The molecule has 180 valence electrons. The van der Waals surface area contributed by atoms with E-state index in [1.54, 1.807) is 5.56 Å². The van der Waals surface area contributed by atoms with E-state index >= 15 is 0 Å². The van der Waals surface area contributed by atoms with Gasteiger partial charge in [0.05, 0.1) is 0 Å². The first kappa shape index (κ1) is 21.3. The van der Waals surface area contributed by atoms with Crippen LogP contribution in [-0.4, -0.2) is 5.11 Å². The Bertz CT molecular complexity index is 1000. The Labute approximate surface area is 202 Å². The first-order valence-electron chi connectivity index (χ1n) is 14.0. The number of hydrogen-bond acceptors (Lipinski definition) is 1. The first-order valence-corrected chi connectivity index (χ1v) is 14.0. The second kappa shape index (κ2) is 5.70. The van der Waals surface area contributed by atoms with Crippen molar-refractivity contribution >= 4 is 0 Å². The van der Waals surface area contributed by atoms with Crippen LogP contribution in [0.5, 0.6) is 5.75 Å². The van der Waals surface area contributed by atoms with Crippen molar-refractivity contribution in [3.63, 3.8) is 0 Å². The van der Waals surface area contributed by atoms with Gasteiger partial charge in [0.15, 0.2) is 0 Å². The van der Waals surface area contributed by atoms with Crippen LogP contribution in [0, 0.1) is 52.3 Å². The molecular weight excluding hydrogens is 400 g/mol. The SMILES string of the molecule is Cc1cc(C23CC4(C)CC(C)(C2)CC(C25CC6CC(C)(CC(C)(C6)C2)C5)(C4)C3)cc(C)c1O. The van der Waals surface area contributed by atoms with Crippen LogP contribution < -0.4 is 0 Å². The molecule has 0 aliphatic heterocycles. The Hall–Kier alpha value is -0.980. The van der Waals surface area contributed by atoms with Gasteiger partial charge >= 0.3 is 0 Å². The molecule has 1 aromatic rings. The molecule has 8 saturated carbocycles. The smallest absolute Gasteiger partial charge is 0.121 e. The molecule has 9 rings (SSSR count). The zero-order valence-corrected chi connectivity index (χ0v) is 22.2. The average Bonchev–Trinajstić information content (AvgIpc) is 2.59.